The number of hydrogen-bond acceptors (Lipinski definition) is 3. The van der Waals surface area contributed by atoms with Gasteiger partial charge in [-0.2, -0.15) is 5.26 Å². The standard InChI is InChI=1S/C27H53N3O/c1-4-5-6-7-8-9-10-11-12-13-14-15-16-17-18-19-23-29-27(31)21-25-30(26(2)3)24-20-22-28/h26H,4-21,23-25H2,1-3H3,(H,29,31). The molecule has 0 aliphatic carbocycles. The molecule has 0 aromatic rings. The van der Waals surface area contributed by atoms with E-state index in [2.05, 4.69) is 37.1 Å². The van der Waals surface area contributed by atoms with Gasteiger partial charge in [0.2, 0.25) is 5.91 Å². The molecule has 0 bridgehead atoms. The van der Waals surface area contributed by atoms with Crippen LogP contribution in [0.1, 0.15) is 136 Å². The van der Waals surface area contributed by atoms with Crippen LogP contribution in [0.3, 0.4) is 0 Å². The highest BCUT2D eigenvalue weighted by molar-refractivity contribution is 5.76. The number of nitrogens with one attached hydrogen (secondary N) is 1. The normalized spacial score (nSPS) is 11.2. The van der Waals surface area contributed by atoms with Gasteiger partial charge in [-0.1, -0.05) is 103 Å². The van der Waals surface area contributed by atoms with Crippen molar-refractivity contribution in [3.8, 4) is 6.07 Å². The second-order valence-electron chi connectivity index (χ2n) is 9.44. The van der Waals surface area contributed by atoms with Gasteiger partial charge in [-0.25, -0.2) is 0 Å². The molecule has 0 atom stereocenters. The third-order valence-corrected chi connectivity index (χ3v) is 6.22. The number of rotatable bonds is 23. The minimum Gasteiger partial charge on any atom is -0.356 e. The average molecular weight is 436 g/mol. The van der Waals surface area contributed by atoms with E-state index in [4.69, 9.17) is 5.26 Å². The highest BCUT2D eigenvalue weighted by Crippen LogP contribution is 2.13. The van der Waals surface area contributed by atoms with Crippen LogP contribution in [-0.4, -0.2) is 36.5 Å². The van der Waals surface area contributed by atoms with Gasteiger partial charge >= 0.3 is 0 Å². The average Bonchev–Trinajstić information content (AvgIpc) is 2.75. The van der Waals surface area contributed by atoms with E-state index in [0.29, 0.717) is 18.9 Å². The molecular formula is C27H53N3O. The van der Waals surface area contributed by atoms with Crippen molar-refractivity contribution < 1.29 is 4.79 Å². The van der Waals surface area contributed by atoms with E-state index < -0.39 is 0 Å². The molecule has 0 unspecified atom stereocenters. The number of carbonyl (C=O) groups is 1. The lowest BCUT2D eigenvalue weighted by atomic mass is 10.0. The van der Waals surface area contributed by atoms with Crippen LogP contribution in [0.15, 0.2) is 0 Å². The fraction of sp³-hybridized carbons (Fsp3) is 0.926. The van der Waals surface area contributed by atoms with E-state index in [9.17, 15) is 4.79 Å². The first-order valence-corrected chi connectivity index (χ1v) is 13.5. The van der Waals surface area contributed by atoms with Gasteiger partial charge < -0.3 is 5.32 Å². The molecule has 0 spiro atoms. The lowest BCUT2D eigenvalue weighted by Crippen LogP contribution is -2.36. The van der Waals surface area contributed by atoms with Crippen LogP contribution >= 0.6 is 0 Å². The van der Waals surface area contributed by atoms with E-state index in [0.717, 1.165) is 26.1 Å². The molecule has 0 aliphatic rings. The van der Waals surface area contributed by atoms with Gasteiger partial charge in [0.1, 0.15) is 0 Å². The zero-order valence-electron chi connectivity index (χ0n) is 21.2. The molecule has 0 aromatic heterocycles. The Morgan fingerprint density at radius 1 is 0.774 bits per heavy atom. The first-order valence-electron chi connectivity index (χ1n) is 13.5. The Hall–Kier alpha value is -1.08. The van der Waals surface area contributed by atoms with E-state index in [1.807, 2.05) is 0 Å². The van der Waals surface area contributed by atoms with E-state index in [1.54, 1.807) is 0 Å². The molecule has 0 saturated carbocycles. The molecule has 0 saturated heterocycles. The summed E-state index contributed by atoms with van der Waals surface area (Å²) in [5.41, 5.74) is 0. The minimum atomic E-state index is 0.142. The Morgan fingerprint density at radius 3 is 1.65 bits per heavy atom. The van der Waals surface area contributed by atoms with Crippen molar-refractivity contribution >= 4 is 5.91 Å². The highest BCUT2D eigenvalue weighted by Gasteiger charge is 2.11. The van der Waals surface area contributed by atoms with Crippen molar-refractivity contribution in [2.45, 2.75) is 142 Å². The third-order valence-electron chi connectivity index (χ3n) is 6.22. The summed E-state index contributed by atoms with van der Waals surface area (Å²) in [6.07, 6.45) is 23.0. The zero-order chi connectivity index (χ0) is 23.0. The van der Waals surface area contributed by atoms with Crippen LogP contribution in [-0.2, 0) is 4.79 Å². The van der Waals surface area contributed by atoms with Gasteiger partial charge in [0.25, 0.3) is 0 Å². The largest absolute Gasteiger partial charge is 0.356 e. The maximum atomic E-state index is 12.0. The lowest BCUT2D eigenvalue weighted by Gasteiger charge is -2.25. The van der Waals surface area contributed by atoms with Crippen molar-refractivity contribution in [3.63, 3.8) is 0 Å². The predicted octanol–water partition coefficient (Wildman–Crippen LogP) is 7.38. The van der Waals surface area contributed by atoms with Crippen LogP contribution < -0.4 is 5.32 Å². The molecule has 4 nitrogen and oxygen atoms in total. The quantitative estimate of drug-likeness (QED) is 0.170. The molecule has 0 aliphatic heterocycles. The summed E-state index contributed by atoms with van der Waals surface area (Å²) in [6, 6.07) is 2.56. The maximum absolute atomic E-state index is 12.0. The maximum Gasteiger partial charge on any atom is 0.221 e. The first-order chi connectivity index (χ1) is 15.1. The summed E-state index contributed by atoms with van der Waals surface area (Å²) in [6.45, 7) is 8.81. The number of carbonyl (C=O) groups excluding carboxylic acids is 1. The molecule has 0 radical (unpaired) electrons. The van der Waals surface area contributed by atoms with Crippen molar-refractivity contribution in [2.75, 3.05) is 19.6 Å². The number of nitriles is 1. The topological polar surface area (TPSA) is 56.1 Å². The SMILES string of the molecule is CCCCCCCCCCCCCCCCCCNC(=O)CCN(CCC#N)C(C)C. The van der Waals surface area contributed by atoms with E-state index >= 15 is 0 Å². The van der Waals surface area contributed by atoms with Gasteiger partial charge in [-0.15, -0.1) is 0 Å². The van der Waals surface area contributed by atoms with Crippen LogP contribution in [0.25, 0.3) is 0 Å². The summed E-state index contributed by atoms with van der Waals surface area (Å²) >= 11 is 0. The number of hydrogen-bond donors (Lipinski definition) is 1. The molecule has 0 heterocycles. The monoisotopic (exact) mass is 435 g/mol. The molecule has 0 fully saturated rings. The fourth-order valence-corrected chi connectivity index (χ4v) is 4.06. The van der Waals surface area contributed by atoms with Gasteiger partial charge in [0.05, 0.1) is 6.07 Å². The van der Waals surface area contributed by atoms with E-state index in [-0.39, 0.29) is 5.91 Å². The Labute approximate surface area is 194 Å². The van der Waals surface area contributed by atoms with E-state index in [1.165, 1.54) is 96.3 Å². The molecular weight excluding hydrogens is 382 g/mol. The van der Waals surface area contributed by atoms with Crippen molar-refractivity contribution in [1.82, 2.24) is 10.2 Å². The molecule has 182 valence electrons. The Morgan fingerprint density at radius 2 is 1.23 bits per heavy atom. The Bertz CT molecular complexity index is 431. The summed E-state index contributed by atoms with van der Waals surface area (Å²) in [7, 11) is 0. The highest BCUT2D eigenvalue weighted by atomic mass is 16.1. The second-order valence-corrected chi connectivity index (χ2v) is 9.44. The molecule has 0 aromatic carbocycles. The Kier molecular flexibility index (Phi) is 22.8. The molecule has 31 heavy (non-hydrogen) atoms. The van der Waals surface area contributed by atoms with Crippen LogP contribution in [0.5, 0.6) is 0 Å². The third kappa shape index (κ3) is 21.9. The van der Waals surface area contributed by atoms with Gasteiger partial charge in [-0.3, -0.25) is 9.69 Å². The summed E-state index contributed by atoms with van der Waals surface area (Å²) in [5.74, 6) is 0.142. The van der Waals surface area contributed by atoms with Crippen LogP contribution in [0, 0.1) is 11.3 Å². The Balaban J connectivity index is 3.33. The molecule has 4 heteroatoms. The molecule has 0 rings (SSSR count). The van der Waals surface area contributed by atoms with Crippen LogP contribution in [0.2, 0.25) is 0 Å². The fourth-order valence-electron chi connectivity index (χ4n) is 4.06. The first kappa shape index (κ1) is 29.9. The predicted molar refractivity (Wildman–Crippen MR) is 134 cm³/mol. The van der Waals surface area contributed by atoms with Crippen LogP contribution in [0.4, 0.5) is 0 Å². The summed E-state index contributed by atoms with van der Waals surface area (Å²) < 4.78 is 0. The molecule has 1 N–H and O–H groups in total. The second kappa shape index (κ2) is 23.6. The van der Waals surface area contributed by atoms with Gasteiger partial charge in [0.15, 0.2) is 0 Å². The number of unbranched alkanes of at least 4 members (excludes halogenated alkanes) is 15. The van der Waals surface area contributed by atoms with Gasteiger partial charge in [0, 0.05) is 38.5 Å². The van der Waals surface area contributed by atoms with Crippen molar-refractivity contribution in [3.05, 3.63) is 0 Å². The minimum absolute atomic E-state index is 0.142. The van der Waals surface area contributed by atoms with Gasteiger partial charge in [-0.05, 0) is 20.3 Å². The molecule has 1 amide bonds. The number of nitrogens with zero attached hydrogens (tertiary/aromatic N) is 2. The number of amides is 1. The zero-order valence-corrected chi connectivity index (χ0v) is 21.2. The smallest absolute Gasteiger partial charge is 0.221 e. The van der Waals surface area contributed by atoms with Crippen molar-refractivity contribution in [1.29, 1.82) is 5.26 Å². The summed E-state index contributed by atoms with van der Waals surface area (Å²) in [5, 5.41) is 11.8. The summed E-state index contributed by atoms with van der Waals surface area (Å²) in [4.78, 5) is 14.2. The van der Waals surface area contributed by atoms with Crippen molar-refractivity contribution in [2.24, 2.45) is 0 Å². The lowest BCUT2D eigenvalue weighted by molar-refractivity contribution is -0.121.